The summed E-state index contributed by atoms with van der Waals surface area (Å²) in [6.45, 7) is 1.94. The third-order valence-corrected chi connectivity index (χ3v) is 7.89. The van der Waals surface area contributed by atoms with Gasteiger partial charge in [-0.3, -0.25) is 9.78 Å². The standard InChI is InChI=1S/C19H22N2O5S2/c1-14(22)15-7-9-17(10-8-15)28(25,26)21-12-4-5-16(13-21)19-18(27(2,23)24)6-3-11-20-19/h3,6-11,16H,4-5,12-13H2,1-2H3/t16-/m1/s1. The highest BCUT2D eigenvalue weighted by molar-refractivity contribution is 7.90. The molecule has 1 atom stereocenters. The fourth-order valence-electron chi connectivity index (χ4n) is 3.42. The minimum absolute atomic E-state index is 0.113. The van der Waals surface area contributed by atoms with E-state index >= 15 is 0 Å². The van der Waals surface area contributed by atoms with Crippen LogP contribution in [-0.2, 0) is 19.9 Å². The van der Waals surface area contributed by atoms with E-state index in [4.69, 9.17) is 0 Å². The average molecular weight is 423 g/mol. The van der Waals surface area contributed by atoms with Crippen LogP contribution in [0.2, 0.25) is 0 Å². The number of hydrogen-bond acceptors (Lipinski definition) is 6. The van der Waals surface area contributed by atoms with Crippen molar-refractivity contribution in [2.24, 2.45) is 0 Å². The number of piperidine rings is 1. The maximum atomic E-state index is 13.0. The molecule has 3 rings (SSSR count). The zero-order valence-electron chi connectivity index (χ0n) is 15.7. The smallest absolute Gasteiger partial charge is 0.243 e. The van der Waals surface area contributed by atoms with Crippen molar-refractivity contribution in [2.45, 2.75) is 35.5 Å². The van der Waals surface area contributed by atoms with Gasteiger partial charge < -0.3 is 0 Å². The van der Waals surface area contributed by atoms with Crippen LogP contribution in [0.25, 0.3) is 0 Å². The van der Waals surface area contributed by atoms with E-state index in [-0.39, 0.29) is 28.0 Å². The molecule has 0 N–H and O–H groups in total. The summed E-state index contributed by atoms with van der Waals surface area (Å²) in [6.07, 6.45) is 3.92. The maximum Gasteiger partial charge on any atom is 0.243 e. The monoisotopic (exact) mass is 422 g/mol. The molecule has 2 aromatic rings. The first kappa shape index (κ1) is 20.6. The van der Waals surface area contributed by atoms with Gasteiger partial charge in [0.05, 0.1) is 15.5 Å². The van der Waals surface area contributed by atoms with Crippen molar-refractivity contribution in [1.29, 1.82) is 0 Å². The van der Waals surface area contributed by atoms with Crippen molar-refractivity contribution in [3.05, 3.63) is 53.9 Å². The molecule has 2 heterocycles. The number of sulfonamides is 1. The molecule has 1 fully saturated rings. The van der Waals surface area contributed by atoms with Crippen LogP contribution in [0.1, 0.15) is 41.7 Å². The molecule has 9 heteroatoms. The topological polar surface area (TPSA) is 101 Å². The molecular formula is C19H22N2O5S2. The third kappa shape index (κ3) is 4.16. The molecule has 150 valence electrons. The third-order valence-electron chi connectivity index (χ3n) is 4.87. The highest BCUT2D eigenvalue weighted by Crippen LogP contribution is 2.32. The number of hydrogen-bond donors (Lipinski definition) is 0. The van der Waals surface area contributed by atoms with Gasteiger partial charge in [0.1, 0.15) is 0 Å². The summed E-state index contributed by atoms with van der Waals surface area (Å²) in [5.74, 6) is -0.434. The number of sulfone groups is 1. The van der Waals surface area contributed by atoms with Crippen LogP contribution in [0.4, 0.5) is 0 Å². The Kier molecular flexibility index (Phi) is 5.69. The lowest BCUT2D eigenvalue weighted by atomic mass is 9.95. The molecule has 0 aliphatic carbocycles. The highest BCUT2D eigenvalue weighted by atomic mass is 32.2. The predicted molar refractivity (Wildman–Crippen MR) is 105 cm³/mol. The van der Waals surface area contributed by atoms with Gasteiger partial charge in [0.25, 0.3) is 0 Å². The first-order valence-corrected chi connectivity index (χ1v) is 12.2. The Bertz CT molecular complexity index is 1090. The second-order valence-electron chi connectivity index (χ2n) is 6.94. The second-order valence-corrected chi connectivity index (χ2v) is 10.9. The van der Waals surface area contributed by atoms with Crippen molar-refractivity contribution >= 4 is 25.6 Å². The van der Waals surface area contributed by atoms with E-state index in [1.807, 2.05) is 0 Å². The maximum absolute atomic E-state index is 13.0. The molecule has 0 saturated carbocycles. The number of carbonyl (C=O) groups is 1. The van der Waals surface area contributed by atoms with Crippen LogP contribution in [0.15, 0.2) is 52.4 Å². The van der Waals surface area contributed by atoms with Gasteiger partial charge in [-0.15, -0.1) is 0 Å². The van der Waals surface area contributed by atoms with Gasteiger partial charge in [-0.2, -0.15) is 4.31 Å². The van der Waals surface area contributed by atoms with E-state index in [0.29, 0.717) is 30.6 Å². The van der Waals surface area contributed by atoms with E-state index in [1.165, 1.54) is 47.8 Å². The van der Waals surface area contributed by atoms with Gasteiger partial charge in [0, 0.05) is 37.0 Å². The number of pyridine rings is 1. The normalized spacial score (nSPS) is 18.7. The summed E-state index contributed by atoms with van der Waals surface area (Å²) in [5, 5.41) is 0. The largest absolute Gasteiger partial charge is 0.295 e. The minimum atomic E-state index is -3.75. The lowest BCUT2D eigenvalue weighted by Gasteiger charge is -2.32. The van der Waals surface area contributed by atoms with Crippen molar-refractivity contribution in [1.82, 2.24) is 9.29 Å². The molecule has 28 heavy (non-hydrogen) atoms. The van der Waals surface area contributed by atoms with E-state index in [0.717, 1.165) is 6.26 Å². The van der Waals surface area contributed by atoms with E-state index < -0.39 is 19.9 Å². The number of benzene rings is 1. The van der Waals surface area contributed by atoms with Crippen molar-refractivity contribution in [2.75, 3.05) is 19.3 Å². The van der Waals surface area contributed by atoms with Crippen LogP contribution in [-0.4, -0.2) is 51.3 Å². The SMILES string of the molecule is CC(=O)c1ccc(S(=O)(=O)N2CCC[C@@H](c3ncccc3S(C)(=O)=O)C2)cc1. The summed E-state index contributed by atoms with van der Waals surface area (Å²) in [6, 6.07) is 8.92. The lowest BCUT2D eigenvalue weighted by molar-refractivity contribution is 0.101. The Balaban J connectivity index is 1.90. The molecular weight excluding hydrogens is 400 g/mol. The molecule has 1 saturated heterocycles. The number of carbonyl (C=O) groups excluding carboxylic acids is 1. The number of nitrogens with zero attached hydrogens (tertiary/aromatic N) is 2. The second kappa shape index (κ2) is 7.73. The molecule has 7 nitrogen and oxygen atoms in total. The molecule has 0 amide bonds. The molecule has 1 aromatic carbocycles. The Morgan fingerprint density at radius 2 is 1.79 bits per heavy atom. The van der Waals surface area contributed by atoms with E-state index in [2.05, 4.69) is 4.98 Å². The van der Waals surface area contributed by atoms with Gasteiger partial charge in [-0.05, 0) is 44.0 Å². The first-order valence-electron chi connectivity index (χ1n) is 8.87. The number of aromatic nitrogens is 1. The van der Waals surface area contributed by atoms with Crippen molar-refractivity contribution in [3.63, 3.8) is 0 Å². The van der Waals surface area contributed by atoms with Gasteiger partial charge in [-0.25, -0.2) is 16.8 Å². The van der Waals surface area contributed by atoms with Crippen LogP contribution < -0.4 is 0 Å². The number of ketones is 1. The summed E-state index contributed by atoms with van der Waals surface area (Å²) in [7, 11) is -7.21. The Morgan fingerprint density at radius 3 is 2.39 bits per heavy atom. The van der Waals surface area contributed by atoms with E-state index in [9.17, 15) is 21.6 Å². The highest BCUT2D eigenvalue weighted by Gasteiger charge is 2.33. The van der Waals surface area contributed by atoms with Crippen LogP contribution >= 0.6 is 0 Å². The summed E-state index contributed by atoms with van der Waals surface area (Å²) >= 11 is 0. The Labute approximate surface area is 165 Å². The van der Waals surface area contributed by atoms with Gasteiger partial charge >= 0.3 is 0 Å². The van der Waals surface area contributed by atoms with Crippen LogP contribution in [0.3, 0.4) is 0 Å². The van der Waals surface area contributed by atoms with Crippen LogP contribution in [0, 0.1) is 0 Å². The molecule has 0 bridgehead atoms. The zero-order valence-corrected chi connectivity index (χ0v) is 17.3. The summed E-state index contributed by atoms with van der Waals surface area (Å²) in [5.41, 5.74) is 0.860. The number of Topliss-reactive ketones (excluding diaryl/α,β-unsaturated/α-hetero) is 1. The fourth-order valence-corrected chi connectivity index (χ4v) is 5.87. The van der Waals surface area contributed by atoms with Crippen molar-refractivity contribution in [3.8, 4) is 0 Å². The molecule has 0 radical (unpaired) electrons. The Hall–Kier alpha value is -2.10. The molecule has 0 unspecified atom stereocenters. The van der Waals surface area contributed by atoms with Gasteiger partial charge in [0.2, 0.25) is 10.0 Å². The lowest BCUT2D eigenvalue weighted by Crippen LogP contribution is -2.39. The van der Waals surface area contributed by atoms with Crippen LogP contribution in [0.5, 0.6) is 0 Å². The zero-order chi connectivity index (χ0) is 20.5. The van der Waals surface area contributed by atoms with Crippen molar-refractivity contribution < 1.29 is 21.6 Å². The summed E-state index contributed by atoms with van der Waals surface area (Å²) in [4.78, 5) is 15.9. The minimum Gasteiger partial charge on any atom is -0.295 e. The average Bonchev–Trinajstić information content (AvgIpc) is 2.67. The summed E-state index contributed by atoms with van der Waals surface area (Å²) < 4.78 is 51.6. The molecule has 1 aliphatic rings. The fraction of sp³-hybridized carbons (Fsp3) is 0.368. The Morgan fingerprint density at radius 1 is 1.11 bits per heavy atom. The molecule has 0 spiro atoms. The van der Waals surface area contributed by atoms with E-state index in [1.54, 1.807) is 6.07 Å². The predicted octanol–water partition coefficient (Wildman–Crippen LogP) is 2.26. The first-order chi connectivity index (χ1) is 13.1. The van der Waals surface area contributed by atoms with Gasteiger partial charge in [-0.1, -0.05) is 12.1 Å². The number of rotatable bonds is 5. The molecule has 1 aliphatic heterocycles. The molecule has 1 aromatic heterocycles. The van der Waals surface area contributed by atoms with Gasteiger partial charge in [0.15, 0.2) is 15.6 Å². The quantitative estimate of drug-likeness (QED) is 0.685.